The summed E-state index contributed by atoms with van der Waals surface area (Å²) in [6, 6.07) is 10.0. The van der Waals surface area contributed by atoms with Gasteiger partial charge in [0, 0.05) is 43.6 Å². The molecule has 1 saturated heterocycles. The number of hydrogen-bond acceptors (Lipinski definition) is 5. The highest BCUT2D eigenvalue weighted by Crippen LogP contribution is 2.30. The Morgan fingerprint density at radius 1 is 1.32 bits per heavy atom. The first-order chi connectivity index (χ1) is 13.7. The van der Waals surface area contributed by atoms with Gasteiger partial charge in [-0.2, -0.15) is 9.61 Å². The van der Waals surface area contributed by atoms with E-state index in [0.717, 1.165) is 54.1 Å². The van der Waals surface area contributed by atoms with Crippen molar-refractivity contribution in [2.45, 2.75) is 38.6 Å². The van der Waals surface area contributed by atoms with E-state index in [4.69, 9.17) is 0 Å². The zero-order valence-electron chi connectivity index (χ0n) is 16.0. The quantitative estimate of drug-likeness (QED) is 0.712. The molecule has 1 aromatic carbocycles. The van der Waals surface area contributed by atoms with Gasteiger partial charge in [0.2, 0.25) is 5.91 Å². The predicted octanol–water partition coefficient (Wildman–Crippen LogP) is 3.10. The number of aliphatic hydroxyl groups excluding tert-OH is 1. The van der Waals surface area contributed by atoms with Crippen molar-refractivity contribution in [2.75, 3.05) is 23.4 Å². The van der Waals surface area contributed by atoms with Gasteiger partial charge in [0.25, 0.3) is 0 Å². The van der Waals surface area contributed by atoms with E-state index in [1.807, 2.05) is 47.2 Å². The normalized spacial score (nSPS) is 17.1. The lowest BCUT2D eigenvalue weighted by Gasteiger charge is -2.37. The molecule has 2 aromatic heterocycles. The fraction of sp³-hybridized carbons (Fsp3) is 0.381. The van der Waals surface area contributed by atoms with Crippen LogP contribution in [0.25, 0.3) is 16.8 Å². The van der Waals surface area contributed by atoms with Gasteiger partial charge in [0.1, 0.15) is 5.82 Å². The molecule has 7 nitrogen and oxygen atoms in total. The molecule has 1 unspecified atom stereocenters. The lowest BCUT2D eigenvalue weighted by atomic mass is 9.99. The van der Waals surface area contributed by atoms with Crippen LogP contribution in [0.5, 0.6) is 0 Å². The minimum Gasteiger partial charge on any atom is -0.396 e. The molecular weight excluding hydrogens is 354 g/mol. The molecule has 2 N–H and O–H groups in total. The third kappa shape index (κ3) is 3.57. The summed E-state index contributed by atoms with van der Waals surface area (Å²) in [5.74, 6) is 0.907. The third-order valence-corrected chi connectivity index (χ3v) is 5.26. The average molecular weight is 379 g/mol. The monoisotopic (exact) mass is 379 g/mol. The van der Waals surface area contributed by atoms with Crippen LogP contribution in [-0.2, 0) is 4.79 Å². The molecular formula is C21H25N5O2. The maximum absolute atomic E-state index is 11.4. The summed E-state index contributed by atoms with van der Waals surface area (Å²) in [5, 5.41) is 16.9. The highest BCUT2D eigenvalue weighted by Gasteiger charge is 2.25. The predicted molar refractivity (Wildman–Crippen MR) is 109 cm³/mol. The summed E-state index contributed by atoms with van der Waals surface area (Å²) in [4.78, 5) is 18.3. The second-order valence-electron chi connectivity index (χ2n) is 7.21. The number of aliphatic hydroxyl groups is 1. The maximum atomic E-state index is 11.4. The topological polar surface area (TPSA) is 82.8 Å². The van der Waals surface area contributed by atoms with E-state index in [1.165, 1.54) is 13.3 Å². The number of carbonyl (C=O) groups excluding carboxylic acids is 1. The van der Waals surface area contributed by atoms with E-state index in [-0.39, 0.29) is 12.5 Å². The second-order valence-corrected chi connectivity index (χ2v) is 7.21. The Morgan fingerprint density at radius 3 is 3.04 bits per heavy atom. The number of hydrogen-bond donors (Lipinski definition) is 2. The van der Waals surface area contributed by atoms with Crippen LogP contribution >= 0.6 is 0 Å². The van der Waals surface area contributed by atoms with E-state index >= 15 is 0 Å². The van der Waals surface area contributed by atoms with Crippen molar-refractivity contribution in [3.63, 3.8) is 0 Å². The average Bonchev–Trinajstić information content (AvgIpc) is 3.13. The van der Waals surface area contributed by atoms with Gasteiger partial charge in [-0.15, -0.1) is 0 Å². The number of piperidine rings is 1. The van der Waals surface area contributed by atoms with Crippen molar-refractivity contribution < 1.29 is 9.90 Å². The van der Waals surface area contributed by atoms with E-state index < -0.39 is 0 Å². The zero-order valence-corrected chi connectivity index (χ0v) is 16.0. The molecule has 1 fully saturated rings. The Bertz CT molecular complexity index is 982. The SMILES string of the molecule is CC(=O)Nc1cccc(-c2cnn3c(N4CCCCC4CCO)ccnc23)c1. The van der Waals surface area contributed by atoms with E-state index in [1.54, 1.807) is 0 Å². The molecule has 0 aliphatic carbocycles. The molecule has 0 radical (unpaired) electrons. The number of rotatable bonds is 5. The lowest BCUT2D eigenvalue weighted by molar-refractivity contribution is -0.114. The van der Waals surface area contributed by atoms with Gasteiger partial charge >= 0.3 is 0 Å². The fourth-order valence-electron chi connectivity index (χ4n) is 4.02. The van der Waals surface area contributed by atoms with Crippen LogP contribution < -0.4 is 10.2 Å². The van der Waals surface area contributed by atoms with Gasteiger partial charge in [0.05, 0.1) is 6.20 Å². The van der Waals surface area contributed by atoms with Crippen LogP contribution in [0.2, 0.25) is 0 Å². The largest absolute Gasteiger partial charge is 0.396 e. The minimum absolute atomic E-state index is 0.0996. The van der Waals surface area contributed by atoms with Crippen molar-refractivity contribution in [1.82, 2.24) is 14.6 Å². The minimum atomic E-state index is -0.0996. The highest BCUT2D eigenvalue weighted by molar-refractivity contribution is 5.90. The Labute approximate surface area is 164 Å². The number of benzene rings is 1. The van der Waals surface area contributed by atoms with Gasteiger partial charge in [-0.25, -0.2) is 4.98 Å². The molecule has 1 aliphatic heterocycles. The van der Waals surface area contributed by atoms with Crippen LogP contribution in [0, 0.1) is 0 Å². The van der Waals surface area contributed by atoms with Crippen LogP contribution in [0.1, 0.15) is 32.6 Å². The van der Waals surface area contributed by atoms with Crippen molar-refractivity contribution in [1.29, 1.82) is 0 Å². The molecule has 1 atom stereocenters. The van der Waals surface area contributed by atoms with Crippen molar-refractivity contribution in [3.8, 4) is 11.1 Å². The summed E-state index contributed by atoms with van der Waals surface area (Å²) >= 11 is 0. The van der Waals surface area contributed by atoms with Gasteiger partial charge in [0.15, 0.2) is 5.65 Å². The number of anilines is 2. The Hall–Kier alpha value is -2.93. The molecule has 3 aromatic rings. The number of amides is 1. The highest BCUT2D eigenvalue weighted by atomic mass is 16.3. The van der Waals surface area contributed by atoms with Gasteiger partial charge in [-0.3, -0.25) is 4.79 Å². The summed E-state index contributed by atoms with van der Waals surface area (Å²) in [6.45, 7) is 2.64. The smallest absolute Gasteiger partial charge is 0.221 e. The van der Waals surface area contributed by atoms with Crippen LogP contribution in [0.3, 0.4) is 0 Å². The number of aromatic nitrogens is 3. The molecule has 0 bridgehead atoms. The molecule has 7 heteroatoms. The first-order valence-corrected chi connectivity index (χ1v) is 9.75. The molecule has 0 saturated carbocycles. The first-order valence-electron chi connectivity index (χ1n) is 9.75. The van der Waals surface area contributed by atoms with Crippen molar-refractivity contribution >= 4 is 23.1 Å². The molecule has 3 heterocycles. The Morgan fingerprint density at radius 2 is 2.21 bits per heavy atom. The van der Waals surface area contributed by atoms with Crippen LogP contribution in [0.4, 0.5) is 11.5 Å². The molecule has 28 heavy (non-hydrogen) atoms. The van der Waals surface area contributed by atoms with Crippen LogP contribution in [-0.4, -0.2) is 44.8 Å². The summed E-state index contributed by atoms with van der Waals surface area (Å²) in [6.07, 6.45) is 7.81. The second kappa shape index (κ2) is 7.98. The van der Waals surface area contributed by atoms with Crippen molar-refractivity contribution in [3.05, 3.63) is 42.7 Å². The van der Waals surface area contributed by atoms with Crippen molar-refractivity contribution in [2.24, 2.45) is 0 Å². The molecule has 0 spiro atoms. The summed E-state index contributed by atoms with van der Waals surface area (Å²) in [7, 11) is 0. The van der Waals surface area contributed by atoms with Gasteiger partial charge in [-0.1, -0.05) is 12.1 Å². The lowest BCUT2D eigenvalue weighted by Crippen LogP contribution is -2.41. The number of fused-ring (bicyclic) bond motifs is 1. The van der Waals surface area contributed by atoms with Gasteiger partial charge in [-0.05, 0) is 49.4 Å². The van der Waals surface area contributed by atoms with Crippen LogP contribution in [0.15, 0.2) is 42.7 Å². The molecule has 4 rings (SSSR count). The molecule has 1 aliphatic rings. The zero-order chi connectivity index (χ0) is 19.5. The molecule has 146 valence electrons. The first kappa shape index (κ1) is 18.4. The number of carbonyl (C=O) groups is 1. The number of nitrogens with one attached hydrogen (secondary N) is 1. The van der Waals surface area contributed by atoms with E-state index in [9.17, 15) is 9.90 Å². The summed E-state index contributed by atoms with van der Waals surface area (Å²) in [5.41, 5.74) is 3.41. The maximum Gasteiger partial charge on any atom is 0.221 e. The fourth-order valence-corrected chi connectivity index (χ4v) is 4.02. The standard InChI is InChI=1S/C21H25N5O2/c1-15(28)24-17-6-4-5-16(13-17)19-14-23-26-20(8-10-22-21(19)26)25-11-3-2-7-18(25)9-12-27/h4-6,8,10,13-14,18,27H,2-3,7,9,11-12H2,1H3,(H,24,28). The van der Waals surface area contributed by atoms with E-state index in [0.29, 0.717) is 6.04 Å². The third-order valence-electron chi connectivity index (χ3n) is 5.26. The van der Waals surface area contributed by atoms with Gasteiger partial charge < -0.3 is 15.3 Å². The Balaban J connectivity index is 1.74. The summed E-state index contributed by atoms with van der Waals surface area (Å²) < 4.78 is 1.89. The Kier molecular flexibility index (Phi) is 5.25. The number of nitrogens with zero attached hydrogens (tertiary/aromatic N) is 4. The van der Waals surface area contributed by atoms with E-state index in [2.05, 4.69) is 20.3 Å². The molecule has 1 amide bonds.